The first-order valence-corrected chi connectivity index (χ1v) is 12.2. The molecule has 1 saturated carbocycles. The van der Waals surface area contributed by atoms with Gasteiger partial charge in [0.25, 0.3) is 5.56 Å². The number of amides is 1. The van der Waals surface area contributed by atoms with Gasteiger partial charge in [0.1, 0.15) is 0 Å². The van der Waals surface area contributed by atoms with E-state index in [0.29, 0.717) is 21.1 Å². The summed E-state index contributed by atoms with van der Waals surface area (Å²) in [5, 5.41) is 4.62. The molecule has 3 N–H and O–H groups in total. The molecule has 1 fully saturated rings. The molecule has 2 aromatic carbocycles. The predicted molar refractivity (Wildman–Crippen MR) is 130 cm³/mol. The second kappa shape index (κ2) is 9.07. The van der Waals surface area contributed by atoms with Crippen molar-refractivity contribution in [2.45, 2.75) is 42.9 Å². The lowest BCUT2D eigenvalue weighted by Crippen LogP contribution is -2.39. The van der Waals surface area contributed by atoms with E-state index >= 15 is 0 Å². The highest BCUT2D eigenvalue weighted by Gasteiger charge is 2.26. The van der Waals surface area contributed by atoms with E-state index in [1.165, 1.54) is 11.8 Å². The molecule has 170 valence electrons. The van der Waals surface area contributed by atoms with Crippen molar-refractivity contribution in [3.05, 3.63) is 68.3 Å². The lowest BCUT2D eigenvalue weighted by molar-refractivity contribution is -0.119. The first-order valence-electron chi connectivity index (χ1n) is 10.8. The summed E-state index contributed by atoms with van der Waals surface area (Å²) in [6.45, 7) is 0. The Balaban J connectivity index is 1.17. The van der Waals surface area contributed by atoms with Crippen LogP contribution >= 0.6 is 23.4 Å². The fraction of sp³-hybridized carbons (Fsp3) is 0.304. The van der Waals surface area contributed by atoms with Gasteiger partial charge in [-0.1, -0.05) is 35.5 Å². The third-order valence-electron chi connectivity index (χ3n) is 6.04. The largest absolute Gasteiger partial charge is 0.353 e. The number of carbonyl (C=O) groups excluding carboxylic acids is 1. The summed E-state index contributed by atoms with van der Waals surface area (Å²) in [6.07, 6.45) is 3.18. The number of thioether (sulfide) groups is 1. The Morgan fingerprint density at radius 2 is 1.91 bits per heavy atom. The van der Waals surface area contributed by atoms with Crippen molar-refractivity contribution in [2.24, 2.45) is 0 Å². The number of imidazole rings is 1. The molecule has 2 aromatic heterocycles. The maximum absolute atomic E-state index is 12.5. The number of hydrogen-bond acceptors (Lipinski definition) is 5. The van der Waals surface area contributed by atoms with Crippen LogP contribution in [0.3, 0.4) is 0 Å². The van der Waals surface area contributed by atoms with Gasteiger partial charge >= 0.3 is 5.69 Å². The van der Waals surface area contributed by atoms with Crippen molar-refractivity contribution in [2.75, 3.05) is 5.75 Å². The lowest BCUT2D eigenvalue weighted by atomic mass is 9.91. The number of rotatable bonds is 5. The van der Waals surface area contributed by atoms with Crippen LogP contribution in [0, 0.1) is 0 Å². The molecule has 0 unspecified atom stereocenters. The van der Waals surface area contributed by atoms with Crippen LogP contribution in [0.15, 0.2) is 57.2 Å². The SMILES string of the molecule is O=C(CSc1nc2ccccc2c(=O)[nH]1)NC1CCC(n2c(=O)[nH]c3cc(Cl)ccc32)CC1. The molecule has 0 radical (unpaired) electrons. The molecule has 33 heavy (non-hydrogen) atoms. The summed E-state index contributed by atoms with van der Waals surface area (Å²) < 4.78 is 1.81. The summed E-state index contributed by atoms with van der Waals surface area (Å²) in [7, 11) is 0. The summed E-state index contributed by atoms with van der Waals surface area (Å²) in [5.74, 6) is 0.0716. The molecular formula is C23H22ClN5O3S. The zero-order valence-electron chi connectivity index (χ0n) is 17.6. The Labute approximate surface area is 197 Å². The van der Waals surface area contributed by atoms with E-state index in [0.717, 1.165) is 36.7 Å². The van der Waals surface area contributed by atoms with Crippen LogP contribution in [0.5, 0.6) is 0 Å². The maximum atomic E-state index is 12.5. The van der Waals surface area contributed by atoms with Gasteiger partial charge in [0.15, 0.2) is 5.16 Å². The molecule has 1 amide bonds. The number of para-hydroxylation sites is 1. The third-order valence-corrected chi connectivity index (χ3v) is 7.15. The number of benzene rings is 2. The molecular weight excluding hydrogens is 462 g/mol. The van der Waals surface area contributed by atoms with E-state index in [-0.39, 0.29) is 35.0 Å². The maximum Gasteiger partial charge on any atom is 0.326 e. The summed E-state index contributed by atoms with van der Waals surface area (Å²) >= 11 is 7.25. The predicted octanol–water partition coefficient (Wildman–Crippen LogP) is 3.61. The highest BCUT2D eigenvalue weighted by Crippen LogP contribution is 2.30. The Bertz CT molecular complexity index is 1450. The van der Waals surface area contributed by atoms with Crippen LogP contribution in [0.4, 0.5) is 0 Å². The number of H-pyrrole nitrogens is 2. The van der Waals surface area contributed by atoms with Gasteiger partial charge in [0, 0.05) is 17.1 Å². The Morgan fingerprint density at radius 3 is 2.73 bits per heavy atom. The van der Waals surface area contributed by atoms with E-state index in [2.05, 4.69) is 20.3 Å². The van der Waals surface area contributed by atoms with E-state index in [9.17, 15) is 14.4 Å². The second-order valence-corrected chi connectivity index (χ2v) is 9.61. The van der Waals surface area contributed by atoms with Crippen molar-refractivity contribution in [3.8, 4) is 0 Å². The van der Waals surface area contributed by atoms with Crippen LogP contribution in [-0.4, -0.2) is 37.2 Å². The molecule has 8 nitrogen and oxygen atoms in total. The number of hydrogen-bond donors (Lipinski definition) is 3. The van der Waals surface area contributed by atoms with E-state index < -0.39 is 0 Å². The number of carbonyl (C=O) groups is 1. The Hall–Kier alpha value is -3.04. The minimum atomic E-state index is -0.211. The van der Waals surface area contributed by atoms with Crippen molar-refractivity contribution in [1.29, 1.82) is 0 Å². The van der Waals surface area contributed by atoms with Gasteiger partial charge < -0.3 is 15.3 Å². The molecule has 10 heteroatoms. The van der Waals surface area contributed by atoms with Gasteiger partial charge in [-0.15, -0.1) is 0 Å². The summed E-state index contributed by atoms with van der Waals surface area (Å²) in [4.78, 5) is 47.2. The molecule has 1 aliphatic rings. The van der Waals surface area contributed by atoms with Gasteiger partial charge in [-0.05, 0) is 56.0 Å². The quantitative estimate of drug-likeness (QED) is 0.296. The number of nitrogens with zero attached hydrogens (tertiary/aromatic N) is 2. The average Bonchev–Trinajstić information content (AvgIpc) is 3.13. The minimum absolute atomic E-state index is 0.0633. The third kappa shape index (κ3) is 4.56. The first-order chi connectivity index (χ1) is 16.0. The number of aromatic nitrogens is 4. The Kier molecular flexibility index (Phi) is 5.99. The van der Waals surface area contributed by atoms with Crippen LogP contribution in [0.25, 0.3) is 21.9 Å². The zero-order chi connectivity index (χ0) is 22.9. The van der Waals surface area contributed by atoms with Gasteiger partial charge in [-0.25, -0.2) is 9.78 Å². The van der Waals surface area contributed by atoms with Crippen LogP contribution in [0.2, 0.25) is 5.02 Å². The highest BCUT2D eigenvalue weighted by molar-refractivity contribution is 7.99. The Morgan fingerprint density at radius 1 is 1.12 bits per heavy atom. The molecule has 1 aliphatic carbocycles. The van der Waals surface area contributed by atoms with Crippen molar-refractivity contribution in [3.63, 3.8) is 0 Å². The lowest BCUT2D eigenvalue weighted by Gasteiger charge is -2.29. The standard InChI is InChI=1S/C23H22ClN5O3S/c24-13-5-10-19-18(11-13)27-23(32)29(19)15-8-6-14(7-9-15)25-20(30)12-33-22-26-17-4-2-1-3-16(17)21(31)28-22/h1-5,10-11,14-15H,6-9,12H2,(H,25,30)(H,27,32)(H,26,28,31). The number of fused-ring (bicyclic) bond motifs is 2. The van der Waals surface area contributed by atoms with Crippen molar-refractivity contribution < 1.29 is 4.79 Å². The number of aromatic amines is 2. The van der Waals surface area contributed by atoms with Crippen molar-refractivity contribution in [1.82, 2.24) is 24.8 Å². The zero-order valence-corrected chi connectivity index (χ0v) is 19.2. The number of nitrogens with one attached hydrogen (secondary N) is 3. The minimum Gasteiger partial charge on any atom is -0.353 e. The van der Waals surface area contributed by atoms with Gasteiger partial charge in [-0.3, -0.25) is 14.2 Å². The van der Waals surface area contributed by atoms with E-state index in [1.54, 1.807) is 34.9 Å². The average molecular weight is 484 g/mol. The molecule has 0 atom stereocenters. The van der Waals surface area contributed by atoms with Gasteiger partial charge in [0.2, 0.25) is 5.91 Å². The molecule has 2 heterocycles. The van der Waals surface area contributed by atoms with Gasteiger partial charge in [0.05, 0.1) is 27.7 Å². The molecule has 0 aliphatic heterocycles. The molecule has 4 aromatic rings. The fourth-order valence-electron chi connectivity index (χ4n) is 4.48. The van der Waals surface area contributed by atoms with Crippen LogP contribution in [-0.2, 0) is 4.79 Å². The molecule has 0 spiro atoms. The van der Waals surface area contributed by atoms with Crippen LogP contribution in [0.1, 0.15) is 31.7 Å². The monoisotopic (exact) mass is 483 g/mol. The van der Waals surface area contributed by atoms with Crippen molar-refractivity contribution >= 4 is 51.2 Å². The second-order valence-electron chi connectivity index (χ2n) is 8.21. The topological polar surface area (TPSA) is 113 Å². The fourth-order valence-corrected chi connectivity index (χ4v) is 5.33. The van der Waals surface area contributed by atoms with E-state index in [1.807, 2.05) is 12.1 Å². The number of halogens is 1. The van der Waals surface area contributed by atoms with E-state index in [4.69, 9.17) is 11.6 Å². The molecule has 0 bridgehead atoms. The smallest absolute Gasteiger partial charge is 0.326 e. The van der Waals surface area contributed by atoms with Crippen LogP contribution < -0.4 is 16.6 Å². The first kappa shape index (κ1) is 21.8. The summed E-state index contributed by atoms with van der Waals surface area (Å²) in [5.41, 5.74) is 1.85. The highest BCUT2D eigenvalue weighted by atomic mass is 35.5. The summed E-state index contributed by atoms with van der Waals surface area (Å²) in [6, 6.07) is 12.7. The molecule has 0 saturated heterocycles. The normalized spacial score (nSPS) is 18.6. The van der Waals surface area contributed by atoms with Gasteiger partial charge in [-0.2, -0.15) is 0 Å². The molecule has 5 rings (SSSR count).